The zero-order valence-corrected chi connectivity index (χ0v) is 12.5. The van der Waals surface area contributed by atoms with Gasteiger partial charge >= 0.3 is 5.97 Å². The van der Waals surface area contributed by atoms with Crippen LogP contribution in [0.3, 0.4) is 0 Å². The summed E-state index contributed by atoms with van der Waals surface area (Å²) in [5, 5.41) is 11.5. The van der Waals surface area contributed by atoms with Crippen molar-refractivity contribution in [2.24, 2.45) is 17.1 Å². The van der Waals surface area contributed by atoms with Crippen molar-refractivity contribution in [3.05, 3.63) is 0 Å². The molecule has 0 spiro atoms. The van der Waals surface area contributed by atoms with Crippen molar-refractivity contribution in [1.82, 2.24) is 5.32 Å². The van der Waals surface area contributed by atoms with Gasteiger partial charge in [-0.15, -0.1) is 0 Å². The van der Waals surface area contributed by atoms with Crippen molar-refractivity contribution >= 4 is 11.9 Å². The van der Waals surface area contributed by atoms with Gasteiger partial charge in [0.2, 0.25) is 5.91 Å². The van der Waals surface area contributed by atoms with E-state index < -0.39 is 12.0 Å². The first kappa shape index (κ1) is 17.9. The van der Waals surface area contributed by atoms with Gasteiger partial charge in [-0.05, 0) is 24.2 Å². The van der Waals surface area contributed by atoms with Crippen molar-refractivity contribution in [3.63, 3.8) is 0 Å². The summed E-state index contributed by atoms with van der Waals surface area (Å²) in [4.78, 5) is 22.3. The van der Waals surface area contributed by atoms with Gasteiger partial charge in [-0.25, -0.2) is 0 Å². The van der Waals surface area contributed by atoms with Gasteiger partial charge in [-0.2, -0.15) is 0 Å². The minimum Gasteiger partial charge on any atom is -0.481 e. The van der Waals surface area contributed by atoms with E-state index in [0.29, 0.717) is 13.0 Å². The summed E-state index contributed by atoms with van der Waals surface area (Å²) in [7, 11) is 0. The molecule has 19 heavy (non-hydrogen) atoms. The number of carbonyl (C=O) groups is 2. The van der Waals surface area contributed by atoms with Crippen LogP contribution in [-0.4, -0.2) is 29.6 Å². The van der Waals surface area contributed by atoms with E-state index in [1.807, 2.05) is 27.7 Å². The molecule has 0 radical (unpaired) electrons. The highest BCUT2D eigenvalue weighted by Crippen LogP contribution is 2.26. The van der Waals surface area contributed by atoms with Gasteiger partial charge in [0.15, 0.2) is 0 Å². The highest BCUT2D eigenvalue weighted by molar-refractivity contribution is 5.81. The number of carboxylic acid groups (broad SMARTS) is 1. The number of nitrogens with one attached hydrogen (secondary N) is 1. The van der Waals surface area contributed by atoms with Crippen molar-refractivity contribution in [3.8, 4) is 0 Å². The average molecular weight is 272 g/mol. The quantitative estimate of drug-likeness (QED) is 0.596. The van der Waals surface area contributed by atoms with E-state index >= 15 is 0 Å². The first-order valence-corrected chi connectivity index (χ1v) is 6.94. The van der Waals surface area contributed by atoms with Crippen molar-refractivity contribution in [2.45, 2.75) is 59.4 Å². The SMILES string of the molecule is CC[C@H](C)[C@H](N)C(=O)NCCC(C)(C)CCC(=O)O. The molecule has 0 rings (SSSR count). The third-order valence-corrected chi connectivity index (χ3v) is 3.68. The molecule has 0 bridgehead atoms. The summed E-state index contributed by atoms with van der Waals surface area (Å²) in [5.74, 6) is -0.737. The molecular weight excluding hydrogens is 244 g/mol. The van der Waals surface area contributed by atoms with E-state index in [9.17, 15) is 9.59 Å². The smallest absolute Gasteiger partial charge is 0.303 e. The molecule has 2 atom stereocenters. The predicted octanol–water partition coefficient (Wildman–Crippen LogP) is 1.76. The highest BCUT2D eigenvalue weighted by Gasteiger charge is 2.22. The van der Waals surface area contributed by atoms with E-state index in [4.69, 9.17) is 10.8 Å². The highest BCUT2D eigenvalue weighted by atomic mass is 16.4. The predicted molar refractivity (Wildman–Crippen MR) is 75.7 cm³/mol. The Labute approximate surface area is 115 Å². The number of hydrogen-bond donors (Lipinski definition) is 3. The lowest BCUT2D eigenvalue weighted by Crippen LogP contribution is -2.45. The first-order valence-electron chi connectivity index (χ1n) is 6.94. The number of aliphatic carboxylic acids is 1. The largest absolute Gasteiger partial charge is 0.481 e. The summed E-state index contributed by atoms with van der Waals surface area (Å²) in [6, 6.07) is -0.466. The molecule has 0 fully saturated rings. The molecule has 0 aromatic rings. The van der Waals surface area contributed by atoms with Crippen LogP contribution in [0.2, 0.25) is 0 Å². The molecule has 0 aromatic heterocycles. The van der Waals surface area contributed by atoms with Crippen molar-refractivity contribution in [2.75, 3.05) is 6.54 Å². The maximum atomic E-state index is 11.8. The lowest BCUT2D eigenvalue weighted by molar-refractivity contribution is -0.137. The minimum atomic E-state index is -0.782. The summed E-state index contributed by atoms with van der Waals surface area (Å²) < 4.78 is 0. The van der Waals surface area contributed by atoms with Crippen LogP contribution >= 0.6 is 0 Å². The van der Waals surface area contributed by atoms with E-state index in [-0.39, 0.29) is 23.7 Å². The number of nitrogens with two attached hydrogens (primary N) is 1. The first-order chi connectivity index (χ1) is 8.69. The summed E-state index contributed by atoms with van der Waals surface area (Å²) in [5.41, 5.74) is 5.74. The lowest BCUT2D eigenvalue weighted by atomic mass is 9.84. The van der Waals surface area contributed by atoms with E-state index in [2.05, 4.69) is 5.32 Å². The maximum Gasteiger partial charge on any atom is 0.303 e. The Bertz CT molecular complexity index is 303. The van der Waals surface area contributed by atoms with Crippen LogP contribution in [0.5, 0.6) is 0 Å². The number of rotatable bonds is 9. The molecule has 4 N–H and O–H groups in total. The van der Waals surface area contributed by atoms with Gasteiger partial charge in [0.25, 0.3) is 0 Å². The second-order valence-corrected chi connectivity index (χ2v) is 6.01. The maximum absolute atomic E-state index is 11.8. The third kappa shape index (κ3) is 7.82. The van der Waals surface area contributed by atoms with Crippen LogP contribution in [0.1, 0.15) is 53.4 Å². The fraction of sp³-hybridized carbons (Fsp3) is 0.857. The van der Waals surface area contributed by atoms with Crippen LogP contribution in [0.15, 0.2) is 0 Å². The van der Waals surface area contributed by atoms with E-state index in [1.165, 1.54) is 0 Å². The molecule has 5 nitrogen and oxygen atoms in total. The van der Waals surface area contributed by atoms with Crippen LogP contribution in [0, 0.1) is 11.3 Å². The summed E-state index contributed by atoms with van der Waals surface area (Å²) >= 11 is 0. The molecular formula is C14H28N2O3. The van der Waals surface area contributed by atoms with Crippen LogP contribution in [0.25, 0.3) is 0 Å². The molecule has 112 valence electrons. The summed E-state index contributed by atoms with van der Waals surface area (Å²) in [6.45, 7) is 8.52. The Morgan fingerprint density at radius 1 is 1.32 bits per heavy atom. The molecule has 5 heteroatoms. The van der Waals surface area contributed by atoms with Gasteiger partial charge in [0, 0.05) is 13.0 Å². The Hall–Kier alpha value is -1.10. The van der Waals surface area contributed by atoms with Gasteiger partial charge in [-0.3, -0.25) is 9.59 Å². The van der Waals surface area contributed by atoms with Gasteiger partial charge < -0.3 is 16.2 Å². The molecule has 0 aliphatic rings. The Morgan fingerprint density at radius 3 is 2.37 bits per heavy atom. The molecule has 0 saturated heterocycles. The second kappa shape index (κ2) is 8.15. The Kier molecular flexibility index (Phi) is 7.68. The summed E-state index contributed by atoms with van der Waals surface area (Å²) in [6.07, 6.45) is 2.39. The normalized spacial score (nSPS) is 14.8. The fourth-order valence-electron chi connectivity index (χ4n) is 1.72. The lowest BCUT2D eigenvalue weighted by Gasteiger charge is -2.25. The van der Waals surface area contributed by atoms with Gasteiger partial charge in [-0.1, -0.05) is 34.1 Å². The van der Waals surface area contributed by atoms with Crippen molar-refractivity contribution < 1.29 is 14.7 Å². The van der Waals surface area contributed by atoms with Crippen LogP contribution < -0.4 is 11.1 Å². The van der Waals surface area contributed by atoms with Gasteiger partial charge in [0.1, 0.15) is 0 Å². The standard InChI is InChI=1S/C14H28N2O3/c1-5-10(2)12(15)13(19)16-9-8-14(3,4)7-6-11(17)18/h10,12H,5-9,15H2,1-4H3,(H,16,19)(H,17,18)/t10-,12-/m0/s1. The molecule has 0 aliphatic heterocycles. The number of carboxylic acids is 1. The Morgan fingerprint density at radius 2 is 1.89 bits per heavy atom. The van der Waals surface area contributed by atoms with Gasteiger partial charge in [0.05, 0.1) is 6.04 Å². The molecule has 0 aromatic carbocycles. The van der Waals surface area contributed by atoms with Crippen LogP contribution in [-0.2, 0) is 9.59 Å². The Balaban J connectivity index is 4.01. The minimum absolute atomic E-state index is 0.0911. The molecule has 0 heterocycles. The number of hydrogen-bond acceptors (Lipinski definition) is 3. The topological polar surface area (TPSA) is 92.4 Å². The zero-order chi connectivity index (χ0) is 15.1. The van der Waals surface area contributed by atoms with E-state index in [0.717, 1.165) is 12.8 Å². The molecule has 0 unspecified atom stereocenters. The zero-order valence-electron chi connectivity index (χ0n) is 12.5. The van der Waals surface area contributed by atoms with Crippen molar-refractivity contribution in [1.29, 1.82) is 0 Å². The van der Waals surface area contributed by atoms with E-state index in [1.54, 1.807) is 0 Å². The third-order valence-electron chi connectivity index (χ3n) is 3.68. The number of carbonyl (C=O) groups excluding carboxylic acids is 1. The molecule has 0 saturated carbocycles. The monoisotopic (exact) mass is 272 g/mol. The molecule has 0 aliphatic carbocycles. The number of amides is 1. The van der Waals surface area contributed by atoms with Crippen LogP contribution in [0.4, 0.5) is 0 Å². The molecule has 1 amide bonds. The fourth-order valence-corrected chi connectivity index (χ4v) is 1.72. The second-order valence-electron chi connectivity index (χ2n) is 6.01. The average Bonchev–Trinajstić information content (AvgIpc) is 2.34.